The van der Waals surface area contributed by atoms with Crippen LogP contribution in [0.25, 0.3) is 5.69 Å². The Labute approximate surface area is 148 Å². The molecule has 0 radical (unpaired) electrons. The van der Waals surface area contributed by atoms with Crippen LogP contribution in [0.4, 0.5) is 5.69 Å². The zero-order chi connectivity index (χ0) is 17.7. The highest BCUT2D eigenvalue weighted by Gasteiger charge is 2.20. The summed E-state index contributed by atoms with van der Waals surface area (Å²) >= 11 is 0. The average Bonchev–Trinajstić information content (AvgIpc) is 3.14. The van der Waals surface area contributed by atoms with E-state index in [-0.39, 0.29) is 11.5 Å². The Morgan fingerprint density at radius 3 is 2.52 bits per heavy atom. The second kappa shape index (κ2) is 7.72. The predicted octanol–water partition coefficient (Wildman–Crippen LogP) is 1.88. The summed E-state index contributed by atoms with van der Waals surface area (Å²) in [6.07, 6.45) is 4.74. The summed E-state index contributed by atoms with van der Waals surface area (Å²) in [5.41, 5.74) is 2.32. The summed E-state index contributed by atoms with van der Waals surface area (Å²) in [4.78, 5) is 2.18. The van der Waals surface area contributed by atoms with Gasteiger partial charge in [0.1, 0.15) is 6.07 Å². The highest BCUT2D eigenvalue weighted by molar-refractivity contribution is 7.91. The van der Waals surface area contributed by atoms with Gasteiger partial charge in [-0.15, -0.1) is 0 Å². The van der Waals surface area contributed by atoms with Crippen molar-refractivity contribution in [3.8, 4) is 11.8 Å². The maximum atomic E-state index is 11.4. The number of sulfone groups is 1. The van der Waals surface area contributed by atoms with Crippen LogP contribution < -0.4 is 5.32 Å². The van der Waals surface area contributed by atoms with Crippen molar-refractivity contribution in [1.29, 1.82) is 5.26 Å². The van der Waals surface area contributed by atoms with Crippen molar-refractivity contribution in [2.45, 2.75) is 6.42 Å². The van der Waals surface area contributed by atoms with Gasteiger partial charge in [-0.1, -0.05) is 6.07 Å². The molecule has 1 aromatic carbocycles. The first kappa shape index (κ1) is 17.5. The standard InChI is InChI=1S/C18H22N4O2S/c19-15-16-17(5-3-6-18(16)22-9-1-2-10-22)20-7-4-8-21-11-13-25(23,24)14-12-21/h1-3,5-6,9-10,20H,4,7-8,11-14H2. The third kappa shape index (κ3) is 4.41. The third-order valence-corrected chi connectivity index (χ3v) is 6.05. The lowest BCUT2D eigenvalue weighted by Gasteiger charge is -2.26. The van der Waals surface area contributed by atoms with Gasteiger partial charge in [0.2, 0.25) is 0 Å². The van der Waals surface area contributed by atoms with Gasteiger partial charge in [-0.2, -0.15) is 5.26 Å². The molecule has 2 aromatic rings. The zero-order valence-corrected chi connectivity index (χ0v) is 14.9. The number of benzene rings is 1. The normalized spacial score (nSPS) is 17.1. The summed E-state index contributed by atoms with van der Waals surface area (Å²) in [6, 6.07) is 11.9. The largest absolute Gasteiger partial charge is 0.384 e. The lowest BCUT2D eigenvalue weighted by molar-refractivity contribution is 0.295. The van der Waals surface area contributed by atoms with Gasteiger partial charge < -0.3 is 14.8 Å². The smallest absolute Gasteiger partial charge is 0.152 e. The molecule has 2 heterocycles. The molecule has 1 aliphatic heterocycles. The fourth-order valence-corrected chi connectivity index (χ4v) is 4.29. The maximum absolute atomic E-state index is 11.4. The predicted molar refractivity (Wildman–Crippen MR) is 98.7 cm³/mol. The molecule has 0 aliphatic carbocycles. The third-order valence-electron chi connectivity index (χ3n) is 4.44. The van der Waals surface area contributed by atoms with Gasteiger partial charge >= 0.3 is 0 Å². The van der Waals surface area contributed by atoms with Crippen molar-refractivity contribution >= 4 is 15.5 Å². The number of aromatic nitrogens is 1. The summed E-state index contributed by atoms with van der Waals surface area (Å²) in [7, 11) is -2.82. The van der Waals surface area contributed by atoms with E-state index >= 15 is 0 Å². The molecule has 3 rings (SSSR count). The quantitative estimate of drug-likeness (QED) is 0.798. The van der Waals surface area contributed by atoms with E-state index in [2.05, 4.69) is 16.3 Å². The molecule has 1 fully saturated rings. The lowest BCUT2D eigenvalue weighted by Crippen LogP contribution is -2.41. The summed E-state index contributed by atoms with van der Waals surface area (Å²) in [6.45, 7) is 2.85. The molecule has 6 nitrogen and oxygen atoms in total. The van der Waals surface area contributed by atoms with E-state index in [0.29, 0.717) is 18.7 Å². The highest BCUT2D eigenvalue weighted by atomic mass is 32.2. The summed E-state index contributed by atoms with van der Waals surface area (Å²) < 4.78 is 24.8. The Hall–Kier alpha value is -2.30. The Balaban J connectivity index is 1.55. The van der Waals surface area contributed by atoms with Gasteiger partial charge in [-0.25, -0.2) is 8.42 Å². The first-order valence-electron chi connectivity index (χ1n) is 8.42. The summed E-state index contributed by atoms with van der Waals surface area (Å²) in [5, 5.41) is 12.9. The van der Waals surface area contributed by atoms with Crippen LogP contribution in [-0.4, -0.2) is 55.6 Å². The van der Waals surface area contributed by atoms with Gasteiger partial charge in [0, 0.05) is 32.0 Å². The van der Waals surface area contributed by atoms with Crippen molar-refractivity contribution in [2.75, 3.05) is 43.0 Å². The van der Waals surface area contributed by atoms with Gasteiger partial charge in [-0.05, 0) is 37.2 Å². The van der Waals surface area contributed by atoms with Crippen molar-refractivity contribution in [3.63, 3.8) is 0 Å². The van der Waals surface area contributed by atoms with Crippen LogP contribution in [0.15, 0.2) is 42.7 Å². The molecular formula is C18H22N4O2S. The van der Waals surface area contributed by atoms with Crippen LogP contribution in [0.1, 0.15) is 12.0 Å². The lowest BCUT2D eigenvalue weighted by atomic mass is 10.1. The molecule has 0 saturated carbocycles. The van der Waals surface area contributed by atoms with Crippen molar-refractivity contribution in [1.82, 2.24) is 9.47 Å². The van der Waals surface area contributed by atoms with E-state index in [0.717, 1.165) is 30.9 Å². The monoisotopic (exact) mass is 358 g/mol. The molecule has 25 heavy (non-hydrogen) atoms. The van der Waals surface area contributed by atoms with E-state index in [1.165, 1.54) is 0 Å². The zero-order valence-electron chi connectivity index (χ0n) is 14.1. The number of hydrogen-bond acceptors (Lipinski definition) is 5. The average molecular weight is 358 g/mol. The molecule has 0 atom stereocenters. The van der Waals surface area contributed by atoms with Crippen LogP contribution in [0, 0.1) is 11.3 Å². The Morgan fingerprint density at radius 2 is 1.84 bits per heavy atom. The van der Waals surface area contributed by atoms with E-state index in [4.69, 9.17) is 0 Å². The molecule has 1 aromatic heterocycles. The molecule has 1 saturated heterocycles. The first-order valence-corrected chi connectivity index (χ1v) is 10.2. The van der Waals surface area contributed by atoms with E-state index in [1.54, 1.807) is 0 Å². The minimum atomic E-state index is -2.82. The number of anilines is 1. The Morgan fingerprint density at radius 1 is 1.12 bits per heavy atom. The molecule has 7 heteroatoms. The first-order chi connectivity index (χ1) is 12.1. The van der Waals surface area contributed by atoms with Gasteiger partial charge in [0.05, 0.1) is 28.4 Å². The second-order valence-corrected chi connectivity index (χ2v) is 8.48. The van der Waals surface area contributed by atoms with E-state index < -0.39 is 9.84 Å². The molecule has 0 unspecified atom stereocenters. The van der Waals surface area contributed by atoms with Crippen molar-refractivity contribution < 1.29 is 8.42 Å². The molecule has 1 N–H and O–H groups in total. The van der Waals surface area contributed by atoms with Gasteiger partial charge in [0.15, 0.2) is 9.84 Å². The molecular weight excluding hydrogens is 336 g/mol. The van der Waals surface area contributed by atoms with E-state index in [1.807, 2.05) is 47.3 Å². The van der Waals surface area contributed by atoms with Crippen LogP contribution in [0.2, 0.25) is 0 Å². The number of nitriles is 1. The van der Waals surface area contributed by atoms with Gasteiger partial charge in [-0.3, -0.25) is 0 Å². The molecule has 0 spiro atoms. The minimum absolute atomic E-state index is 0.262. The highest BCUT2D eigenvalue weighted by Crippen LogP contribution is 2.22. The molecule has 132 valence electrons. The minimum Gasteiger partial charge on any atom is -0.384 e. The Kier molecular flexibility index (Phi) is 5.41. The Bertz CT molecular complexity index is 840. The van der Waals surface area contributed by atoms with Crippen LogP contribution in [0.3, 0.4) is 0 Å². The SMILES string of the molecule is N#Cc1c(NCCCN2CCS(=O)(=O)CC2)cccc1-n1cccc1. The number of nitrogens with zero attached hydrogens (tertiary/aromatic N) is 3. The topological polar surface area (TPSA) is 78.1 Å². The number of hydrogen-bond donors (Lipinski definition) is 1. The fourth-order valence-electron chi connectivity index (χ4n) is 3.01. The molecule has 0 amide bonds. The van der Waals surface area contributed by atoms with E-state index in [9.17, 15) is 13.7 Å². The van der Waals surface area contributed by atoms with Crippen molar-refractivity contribution in [3.05, 3.63) is 48.3 Å². The molecule has 0 bridgehead atoms. The van der Waals surface area contributed by atoms with Crippen LogP contribution >= 0.6 is 0 Å². The maximum Gasteiger partial charge on any atom is 0.152 e. The second-order valence-electron chi connectivity index (χ2n) is 6.18. The van der Waals surface area contributed by atoms with Crippen LogP contribution in [-0.2, 0) is 9.84 Å². The number of rotatable bonds is 6. The number of nitrogens with one attached hydrogen (secondary N) is 1. The summed E-state index contributed by atoms with van der Waals surface area (Å²) in [5.74, 6) is 0.524. The molecule has 1 aliphatic rings. The fraction of sp³-hybridized carbons (Fsp3) is 0.389. The van der Waals surface area contributed by atoms with Crippen molar-refractivity contribution in [2.24, 2.45) is 0 Å². The van der Waals surface area contributed by atoms with Gasteiger partial charge in [0.25, 0.3) is 0 Å². The van der Waals surface area contributed by atoms with Crippen LogP contribution in [0.5, 0.6) is 0 Å².